The number of nitrogens with zero attached hydrogens (tertiary/aromatic N) is 2. The number of rotatable bonds is 3. The maximum atomic E-state index is 11.8. The summed E-state index contributed by atoms with van der Waals surface area (Å²) in [6, 6.07) is 0.172. The van der Waals surface area contributed by atoms with Gasteiger partial charge in [-0.25, -0.2) is 4.79 Å². The van der Waals surface area contributed by atoms with Gasteiger partial charge in [0.25, 0.3) is 0 Å². The lowest BCUT2D eigenvalue weighted by Gasteiger charge is -2.37. The molecule has 3 heterocycles. The molecule has 2 aliphatic heterocycles. The molecule has 2 N–H and O–H groups in total. The zero-order chi connectivity index (χ0) is 14.9. The Labute approximate surface area is 123 Å². The Kier molecular flexibility index (Phi) is 3.86. The van der Waals surface area contributed by atoms with Crippen LogP contribution in [0.1, 0.15) is 42.7 Å². The second-order valence-corrected chi connectivity index (χ2v) is 5.61. The van der Waals surface area contributed by atoms with Gasteiger partial charge in [0.2, 0.25) is 0 Å². The van der Waals surface area contributed by atoms with Crippen molar-refractivity contribution in [1.82, 2.24) is 9.78 Å². The average Bonchev–Trinajstić information content (AvgIpc) is 3.06. The Morgan fingerprint density at radius 3 is 3.19 bits per heavy atom. The van der Waals surface area contributed by atoms with Crippen LogP contribution in [0.25, 0.3) is 0 Å². The molecule has 2 saturated heterocycles. The quantitative estimate of drug-likeness (QED) is 0.842. The molecule has 3 rings (SSSR count). The van der Waals surface area contributed by atoms with Gasteiger partial charge in [0.05, 0.1) is 30.5 Å². The average molecular weight is 295 g/mol. The number of hydrogen-bond donors (Lipinski definition) is 1. The van der Waals surface area contributed by atoms with Crippen LogP contribution in [-0.4, -0.2) is 47.8 Å². The maximum absolute atomic E-state index is 11.8. The summed E-state index contributed by atoms with van der Waals surface area (Å²) < 4.78 is 18.1. The molecule has 21 heavy (non-hydrogen) atoms. The van der Waals surface area contributed by atoms with Crippen molar-refractivity contribution in [2.45, 2.75) is 37.8 Å². The van der Waals surface area contributed by atoms with Gasteiger partial charge in [-0.15, -0.1) is 0 Å². The van der Waals surface area contributed by atoms with E-state index >= 15 is 0 Å². The molecule has 0 saturated carbocycles. The van der Waals surface area contributed by atoms with Crippen LogP contribution in [0.5, 0.6) is 0 Å². The summed E-state index contributed by atoms with van der Waals surface area (Å²) in [6.45, 7) is 4.10. The molecule has 2 aliphatic rings. The smallest absolute Gasteiger partial charge is 0.361 e. The lowest BCUT2D eigenvalue weighted by Crippen LogP contribution is -2.41. The van der Waals surface area contributed by atoms with E-state index in [9.17, 15) is 4.79 Å². The molecule has 7 nitrogen and oxygen atoms in total. The predicted molar refractivity (Wildman–Crippen MR) is 75.0 cm³/mol. The third-order valence-corrected chi connectivity index (χ3v) is 4.14. The molecular formula is C14H21N3O4. The first kappa shape index (κ1) is 14.3. The highest BCUT2D eigenvalue weighted by molar-refractivity contribution is 5.92. The summed E-state index contributed by atoms with van der Waals surface area (Å²) >= 11 is 0. The number of nitrogen functional groups attached to an aromatic ring is 1. The summed E-state index contributed by atoms with van der Waals surface area (Å²) in [5, 5.41) is 4.33. The predicted octanol–water partition coefficient (Wildman–Crippen LogP) is 1.15. The number of esters is 1. The molecule has 2 fully saturated rings. The van der Waals surface area contributed by atoms with Gasteiger partial charge in [-0.1, -0.05) is 0 Å². The summed E-state index contributed by atoms with van der Waals surface area (Å²) in [6.07, 6.45) is 4.30. The number of aromatic nitrogens is 2. The number of carbonyl (C=O) groups is 1. The van der Waals surface area contributed by atoms with E-state index < -0.39 is 5.97 Å². The van der Waals surface area contributed by atoms with Gasteiger partial charge in [-0.05, 0) is 13.3 Å². The normalized spacial score (nSPS) is 28.9. The third kappa shape index (κ3) is 2.75. The van der Waals surface area contributed by atoms with Gasteiger partial charge in [-0.3, -0.25) is 4.68 Å². The highest BCUT2D eigenvalue weighted by Crippen LogP contribution is 2.38. The van der Waals surface area contributed by atoms with Crippen molar-refractivity contribution in [2.75, 3.05) is 32.2 Å². The van der Waals surface area contributed by atoms with Gasteiger partial charge in [-0.2, -0.15) is 5.10 Å². The second-order valence-electron chi connectivity index (χ2n) is 5.61. The zero-order valence-corrected chi connectivity index (χ0v) is 12.2. The number of nitrogens with two attached hydrogens (primary N) is 1. The van der Waals surface area contributed by atoms with E-state index in [2.05, 4.69) is 5.10 Å². The van der Waals surface area contributed by atoms with Crippen LogP contribution >= 0.6 is 0 Å². The van der Waals surface area contributed by atoms with Gasteiger partial charge < -0.3 is 19.9 Å². The standard InChI is InChI=1S/C14H21N3O4/c1-2-20-13(18)12-11(15)8-17(16-12)10-3-5-21-14(7-10)4-6-19-9-14/h8,10H,2-7,9,15H2,1H3. The molecule has 0 bridgehead atoms. The largest absolute Gasteiger partial charge is 0.461 e. The fourth-order valence-electron chi connectivity index (χ4n) is 3.04. The van der Waals surface area contributed by atoms with Crippen molar-refractivity contribution >= 4 is 11.7 Å². The fraction of sp³-hybridized carbons (Fsp3) is 0.714. The monoisotopic (exact) mass is 295 g/mol. The Morgan fingerprint density at radius 2 is 2.48 bits per heavy atom. The van der Waals surface area contributed by atoms with Gasteiger partial charge >= 0.3 is 5.97 Å². The summed E-state index contributed by atoms with van der Waals surface area (Å²) in [5.41, 5.74) is 6.24. The van der Waals surface area contributed by atoms with E-state index in [1.807, 2.05) is 0 Å². The van der Waals surface area contributed by atoms with Crippen LogP contribution in [0.4, 0.5) is 5.69 Å². The van der Waals surface area contributed by atoms with E-state index in [1.165, 1.54) is 0 Å². The molecular weight excluding hydrogens is 274 g/mol. The lowest BCUT2D eigenvalue weighted by molar-refractivity contribution is -0.0962. The molecule has 1 spiro atoms. The molecule has 2 atom stereocenters. The number of anilines is 1. The van der Waals surface area contributed by atoms with E-state index in [0.717, 1.165) is 25.9 Å². The summed E-state index contributed by atoms with van der Waals surface area (Å²) in [7, 11) is 0. The van der Waals surface area contributed by atoms with Crippen molar-refractivity contribution < 1.29 is 19.0 Å². The van der Waals surface area contributed by atoms with Gasteiger partial charge in [0.15, 0.2) is 5.69 Å². The van der Waals surface area contributed by atoms with Crippen LogP contribution < -0.4 is 5.73 Å². The van der Waals surface area contributed by atoms with Crippen LogP contribution in [0.3, 0.4) is 0 Å². The fourth-order valence-corrected chi connectivity index (χ4v) is 3.04. The first-order chi connectivity index (χ1) is 10.1. The Balaban J connectivity index is 1.77. The molecule has 0 aromatic carbocycles. The molecule has 1 aromatic heterocycles. The lowest BCUT2D eigenvalue weighted by atomic mass is 9.90. The Bertz CT molecular complexity index is 522. The van der Waals surface area contributed by atoms with Gasteiger partial charge in [0, 0.05) is 32.3 Å². The summed E-state index contributed by atoms with van der Waals surface area (Å²) in [4.78, 5) is 11.8. The SMILES string of the molecule is CCOC(=O)c1nn(C2CCOC3(CCOC3)C2)cc1N. The molecule has 7 heteroatoms. The minimum absolute atomic E-state index is 0.172. The maximum Gasteiger partial charge on any atom is 0.361 e. The van der Waals surface area contributed by atoms with Crippen molar-refractivity contribution in [1.29, 1.82) is 0 Å². The van der Waals surface area contributed by atoms with Crippen molar-refractivity contribution in [3.8, 4) is 0 Å². The van der Waals surface area contributed by atoms with Crippen LogP contribution in [0, 0.1) is 0 Å². The van der Waals surface area contributed by atoms with E-state index in [1.54, 1.807) is 17.8 Å². The first-order valence-electron chi connectivity index (χ1n) is 7.37. The highest BCUT2D eigenvalue weighted by atomic mass is 16.6. The number of hydrogen-bond acceptors (Lipinski definition) is 6. The Morgan fingerprint density at radius 1 is 1.62 bits per heavy atom. The summed E-state index contributed by atoms with van der Waals surface area (Å²) in [5.74, 6) is -0.472. The van der Waals surface area contributed by atoms with Crippen LogP contribution in [0.2, 0.25) is 0 Å². The Hall–Kier alpha value is -1.60. The van der Waals surface area contributed by atoms with E-state index in [0.29, 0.717) is 25.5 Å². The first-order valence-corrected chi connectivity index (χ1v) is 7.37. The second kappa shape index (κ2) is 5.65. The van der Waals surface area contributed by atoms with Crippen molar-refractivity contribution in [3.63, 3.8) is 0 Å². The molecule has 0 radical (unpaired) electrons. The van der Waals surface area contributed by atoms with E-state index in [-0.39, 0.29) is 17.3 Å². The van der Waals surface area contributed by atoms with Crippen molar-refractivity contribution in [2.24, 2.45) is 0 Å². The molecule has 0 amide bonds. The number of ether oxygens (including phenoxy) is 3. The molecule has 116 valence electrons. The third-order valence-electron chi connectivity index (χ3n) is 4.14. The van der Waals surface area contributed by atoms with E-state index in [4.69, 9.17) is 19.9 Å². The van der Waals surface area contributed by atoms with Gasteiger partial charge in [0.1, 0.15) is 0 Å². The van der Waals surface area contributed by atoms with Crippen LogP contribution in [0.15, 0.2) is 6.20 Å². The molecule has 0 aliphatic carbocycles. The highest BCUT2D eigenvalue weighted by Gasteiger charge is 2.42. The minimum atomic E-state index is -0.472. The minimum Gasteiger partial charge on any atom is -0.461 e. The zero-order valence-electron chi connectivity index (χ0n) is 12.2. The molecule has 2 unspecified atom stereocenters. The molecule has 1 aromatic rings. The number of carbonyl (C=O) groups excluding carboxylic acids is 1. The van der Waals surface area contributed by atoms with Crippen molar-refractivity contribution in [3.05, 3.63) is 11.9 Å². The van der Waals surface area contributed by atoms with Crippen LogP contribution in [-0.2, 0) is 14.2 Å². The topological polar surface area (TPSA) is 88.6 Å².